The Morgan fingerprint density at radius 3 is 2.83 bits per heavy atom. The molecular weight excluding hydrogens is 306 g/mol. The molecule has 0 unspecified atom stereocenters. The fraction of sp³-hybridized carbons (Fsp3) is 0.556. The zero-order valence-corrected chi connectivity index (χ0v) is 14.5. The topological polar surface area (TPSA) is 70.7 Å². The van der Waals surface area contributed by atoms with Crippen molar-refractivity contribution < 1.29 is 14.3 Å². The fourth-order valence-corrected chi connectivity index (χ4v) is 2.58. The Labute approximate surface area is 143 Å². The van der Waals surface area contributed by atoms with Crippen molar-refractivity contribution in [1.82, 2.24) is 10.2 Å². The average molecular weight is 333 g/mol. The van der Waals surface area contributed by atoms with Gasteiger partial charge in [0.15, 0.2) is 6.10 Å². The zero-order chi connectivity index (χ0) is 17.4. The van der Waals surface area contributed by atoms with E-state index >= 15 is 0 Å². The molecule has 24 heavy (non-hydrogen) atoms. The molecule has 0 radical (unpaired) electrons. The van der Waals surface area contributed by atoms with Gasteiger partial charge in [-0.2, -0.15) is 0 Å². The maximum atomic E-state index is 12.0. The summed E-state index contributed by atoms with van der Waals surface area (Å²) in [4.78, 5) is 26.3. The Bertz CT molecular complexity index is 562. The lowest BCUT2D eigenvalue weighted by molar-refractivity contribution is -0.130. The SMILES string of the molecule is CCCCN(C)CCCNC(=O)C[C@@H]1Oc2ccccc2NC1=O. The lowest BCUT2D eigenvalue weighted by Gasteiger charge is -2.25. The van der Waals surface area contributed by atoms with Crippen LogP contribution in [0.3, 0.4) is 0 Å². The number of unbranched alkanes of at least 4 members (excludes halogenated alkanes) is 1. The standard InChI is InChI=1S/C18H27N3O3/c1-3-4-11-21(2)12-7-10-19-17(22)13-16-18(23)20-14-8-5-6-9-15(14)24-16/h5-6,8-9,16H,3-4,7,10-13H2,1-2H3,(H,19,22)(H,20,23)/t16-/m0/s1. The summed E-state index contributed by atoms with van der Waals surface area (Å²) in [5, 5.41) is 5.63. The van der Waals surface area contributed by atoms with Gasteiger partial charge in [0, 0.05) is 6.54 Å². The summed E-state index contributed by atoms with van der Waals surface area (Å²) in [5.41, 5.74) is 0.647. The highest BCUT2D eigenvalue weighted by molar-refractivity contribution is 5.99. The van der Waals surface area contributed by atoms with E-state index in [0.29, 0.717) is 18.0 Å². The van der Waals surface area contributed by atoms with Crippen LogP contribution >= 0.6 is 0 Å². The van der Waals surface area contributed by atoms with Crippen molar-refractivity contribution in [2.24, 2.45) is 0 Å². The molecule has 6 nitrogen and oxygen atoms in total. The van der Waals surface area contributed by atoms with Crippen LogP contribution in [0.4, 0.5) is 5.69 Å². The Morgan fingerprint density at radius 1 is 1.29 bits per heavy atom. The summed E-state index contributed by atoms with van der Waals surface area (Å²) in [6.07, 6.45) is 2.54. The Hall–Kier alpha value is -2.08. The third-order valence-corrected chi connectivity index (χ3v) is 4.01. The van der Waals surface area contributed by atoms with E-state index in [1.54, 1.807) is 12.1 Å². The average Bonchev–Trinajstić information content (AvgIpc) is 2.57. The van der Waals surface area contributed by atoms with Crippen LogP contribution in [0.25, 0.3) is 0 Å². The van der Waals surface area contributed by atoms with Gasteiger partial charge in [0.25, 0.3) is 5.91 Å². The minimum absolute atomic E-state index is 0.0336. The molecule has 132 valence electrons. The molecule has 6 heteroatoms. The number of carbonyl (C=O) groups is 2. The van der Waals surface area contributed by atoms with E-state index in [4.69, 9.17) is 4.74 Å². The van der Waals surface area contributed by atoms with Crippen LogP contribution in [-0.2, 0) is 9.59 Å². The second kappa shape index (κ2) is 9.27. The lowest BCUT2D eigenvalue weighted by Crippen LogP contribution is -2.41. The highest BCUT2D eigenvalue weighted by Gasteiger charge is 2.29. The highest BCUT2D eigenvalue weighted by atomic mass is 16.5. The van der Waals surface area contributed by atoms with Crippen molar-refractivity contribution >= 4 is 17.5 Å². The molecule has 0 saturated carbocycles. The third kappa shape index (κ3) is 5.53. The number of nitrogens with zero attached hydrogens (tertiary/aromatic N) is 1. The number of hydrogen-bond donors (Lipinski definition) is 2. The van der Waals surface area contributed by atoms with Crippen LogP contribution in [0.2, 0.25) is 0 Å². The van der Waals surface area contributed by atoms with Gasteiger partial charge in [0.1, 0.15) is 5.75 Å². The van der Waals surface area contributed by atoms with Crippen molar-refractivity contribution in [3.63, 3.8) is 0 Å². The predicted molar refractivity (Wildman–Crippen MR) is 94.1 cm³/mol. The number of para-hydroxylation sites is 2. The van der Waals surface area contributed by atoms with E-state index < -0.39 is 6.10 Å². The van der Waals surface area contributed by atoms with Crippen LogP contribution in [0.5, 0.6) is 5.75 Å². The molecule has 1 aliphatic heterocycles. The van der Waals surface area contributed by atoms with E-state index in [9.17, 15) is 9.59 Å². The molecule has 1 atom stereocenters. The molecule has 1 heterocycles. The molecule has 0 spiro atoms. The maximum Gasteiger partial charge on any atom is 0.266 e. The van der Waals surface area contributed by atoms with Gasteiger partial charge < -0.3 is 20.3 Å². The summed E-state index contributed by atoms with van der Waals surface area (Å²) in [5.74, 6) is 0.168. The minimum Gasteiger partial charge on any atom is -0.478 e. The molecular formula is C18H27N3O3. The molecule has 2 amide bonds. The molecule has 2 rings (SSSR count). The molecule has 0 aromatic heterocycles. The van der Waals surface area contributed by atoms with Crippen molar-refractivity contribution in [3.05, 3.63) is 24.3 Å². The Kier molecular flexibility index (Phi) is 7.06. The van der Waals surface area contributed by atoms with Crippen molar-refractivity contribution in [2.75, 3.05) is 32.0 Å². The molecule has 2 N–H and O–H groups in total. The number of ether oxygens (including phenoxy) is 1. The van der Waals surface area contributed by atoms with Gasteiger partial charge in [-0.3, -0.25) is 9.59 Å². The van der Waals surface area contributed by atoms with E-state index in [1.165, 1.54) is 12.8 Å². The number of fused-ring (bicyclic) bond motifs is 1. The van der Waals surface area contributed by atoms with Crippen LogP contribution in [-0.4, -0.2) is 49.5 Å². The van der Waals surface area contributed by atoms with Gasteiger partial charge in [-0.25, -0.2) is 0 Å². The first-order chi connectivity index (χ1) is 11.6. The summed E-state index contributed by atoms with van der Waals surface area (Å²) in [7, 11) is 2.09. The first kappa shape index (κ1) is 18.3. The van der Waals surface area contributed by atoms with Gasteiger partial charge >= 0.3 is 0 Å². The fourth-order valence-electron chi connectivity index (χ4n) is 2.58. The van der Waals surface area contributed by atoms with Gasteiger partial charge in [0.05, 0.1) is 12.1 Å². The smallest absolute Gasteiger partial charge is 0.266 e. The quantitative estimate of drug-likeness (QED) is 0.678. The number of nitrogens with one attached hydrogen (secondary N) is 2. The van der Waals surface area contributed by atoms with Crippen molar-refractivity contribution in [3.8, 4) is 5.75 Å². The minimum atomic E-state index is -0.771. The van der Waals surface area contributed by atoms with E-state index in [0.717, 1.165) is 19.5 Å². The van der Waals surface area contributed by atoms with Crippen LogP contribution in [0.15, 0.2) is 24.3 Å². The number of carbonyl (C=O) groups excluding carboxylic acids is 2. The van der Waals surface area contributed by atoms with Gasteiger partial charge in [-0.05, 0) is 45.1 Å². The Morgan fingerprint density at radius 2 is 2.04 bits per heavy atom. The van der Waals surface area contributed by atoms with Crippen molar-refractivity contribution in [2.45, 2.75) is 38.7 Å². The summed E-state index contributed by atoms with van der Waals surface area (Å²) < 4.78 is 5.62. The first-order valence-corrected chi connectivity index (χ1v) is 8.62. The van der Waals surface area contributed by atoms with Crippen LogP contribution in [0, 0.1) is 0 Å². The summed E-state index contributed by atoms with van der Waals surface area (Å²) in [6.45, 7) is 4.82. The first-order valence-electron chi connectivity index (χ1n) is 8.62. The van der Waals surface area contributed by atoms with Crippen molar-refractivity contribution in [1.29, 1.82) is 0 Å². The lowest BCUT2D eigenvalue weighted by atomic mass is 10.1. The van der Waals surface area contributed by atoms with E-state index in [-0.39, 0.29) is 18.2 Å². The van der Waals surface area contributed by atoms with Crippen LogP contribution < -0.4 is 15.4 Å². The van der Waals surface area contributed by atoms with E-state index in [2.05, 4.69) is 29.5 Å². The monoisotopic (exact) mass is 333 g/mol. The largest absolute Gasteiger partial charge is 0.478 e. The number of rotatable bonds is 9. The summed E-state index contributed by atoms with van der Waals surface area (Å²) >= 11 is 0. The molecule has 0 fully saturated rings. The van der Waals surface area contributed by atoms with Crippen LogP contribution in [0.1, 0.15) is 32.6 Å². The third-order valence-electron chi connectivity index (χ3n) is 4.01. The van der Waals surface area contributed by atoms with Gasteiger partial charge in [-0.15, -0.1) is 0 Å². The Balaban J connectivity index is 1.68. The molecule has 0 aliphatic carbocycles. The second-order valence-corrected chi connectivity index (χ2v) is 6.16. The van der Waals surface area contributed by atoms with E-state index in [1.807, 2.05) is 12.1 Å². The normalized spacial score (nSPS) is 16.3. The molecule has 1 aromatic carbocycles. The predicted octanol–water partition coefficient (Wildman–Crippen LogP) is 2.01. The molecule has 1 aromatic rings. The second-order valence-electron chi connectivity index (χ2n) is 6.16. The number of hydrogen-bond acceptors (Lipinski definition) is 4. The van der Waals surface area contributed by atoms with Gasteiger partial charge in [0.2, 0.25) is 5.91 Å². The summed E-state index contributed by atoms with van der Waals surface area (Å²) in [6, 6.07) is 7.22. The molecule has 0 saturated heterocycles. The number of amides is 2. The van der Waals surface area contributed by atoms with Gasteiger partial charge in [-0.1, -0.05) is 25.5 Å². The molecule has 1 aliphatic rings. The zero-order valence-electron chi connectivity index (χ0n) is 14.5. The maximum absolute atomic E-state index is 12.0. The highest BCUT2D eigenvalue weighted by Crippen LogP contribution is 2.29. The molecule has 0 bridgehead atoms. The number of anilines is 1. The number of benzene rings is 1.